The van der Waals surface area contributed by atoms with E-state index in [1.165, 1.54) is 4.90 Å². The second-order valence-corrected chi connectivity index (χ2v) is 13.4. The maximum absolute atomic E-state index is 14.4. The number of hydrogen-bond acceptors (Lipinski definition) is 5. The van der Waals surface area contributed by atoms with Crippen LogP contribution >= 0.6 is 0 Å². The fourth-order valence-corrected chi connectivity index (χ4v) is 5.62. The van der Waals surface area contributed by atoms with Crippen molar-refractivity contribution in [3.63, 3.8) is 0 Å². The summed E-state index contributed by atoms with van der Waals surface area (Å²) in [5.74, 6) is -1.30. The molecule has 4 N–H and O–H groups in total. The van der Waals surface area contributed by atoms with Crippen LogP contribution in [0.3, 0.4) is 0 Å². The maximum Gasteiger partial charge on any atom is 0.251 e. The fourth-order valence-electron chi connectivity index (χ4n) is 5.62. The lowest BCUT2D eigenvalue weighted by Crippen LogP contribution is -2.59. The summed E-state index contributed by atoms with van der Waals surface area (Å²) in [6.45, 7) is 11.4. The van der Waals surface area contributed by atoms with Crippen molar-refractivity contribution in [3.05, 3.63) is 107 Å². The van der Waals surface area contributed by atoms with E-state index in [0.29, 0.717) is 5.56 Å². The van der Waals surface area contributed by atoms with Crippen molar-refractivity contribution >= 4 is 23.6 Å². The average molecular weight is 626 g/mol. The molecular formula is C37H47N5O4. The van der Waals surface area contributed by atoms with Crippen LogP contribution in [0.1, 0.15) is 72.8 Å². The number of rotatable bonds is 10. The quantitative estimate of drug-likeness (QED) is 0.271. The van der Waals surface area contributed by atoms with Gasteiger partial charge in [-0.1, -0.05) is 98.6 Å². The van der Waals surface area contributed by atoms with Crippen molar-refractivity contribution in [1.29, 1.82) is 0 Å². The first kappa shape index (κ1) is 34.4. The van der Waals surface area contributed by atoms with E-state index in [2.05, 4.69) is 21.3 Å². The number of nitrogens with zero attached hydrogens (tertiary/aromatic N) is 1. The molecule has 4 rings (SSSR count). The Balaban J connectivity index is 1.66. The van der Waals surface area contributed by atoms with Crippen molar-refractivity contribution < 1.29 is 19.2 Å². The van der Waals surface area contributed by atoms with Gasteiger partial charge in [0.2, 0.25) is 17.7 Å². The molecule has 244 valence electrons. The van der Waals surface area contributed by atoms with Crippen LogP contribution in [-0.4, -0.2) is 66.3 Å². The van der Waals surface area contributed by atoms with Crippen molar-refractivity contribution in [2.45, 2.75) is 78.2 Å². The topological polar surface area (TPSA) is 120 Å². The molecule has 0 saturated carbocycles. The van der Waals surface area contributed by atoms with Crippen molar-refractivity contribution in [3.8, 4) is 0 Å². The van der Waals surface area contributed by atoms with Crippen LogP contribution in [0.5, 0.6) is 0 Å². The molecule has 4 amide bonds. The summed E-state index contributed by atoms with van der Waals surface area (Å²) < 4.78 is 0. The van der Waals surface area contributed by atoms with Gasteiger partial charge in [0.25, 0.3) is 5.91 Å². The molecule has 0 unspecified atom stereocenters. The molecule has 3 aromatic carbocycles. The minimum atomic E-state index is -0.903. The van der Waals surface area contributed by atoms with Crippen LogP contribution in [-0.2, 0) is 14.4 Å². The summed E-state index contributed by atoms with van der Waals surface area (Å²) >= 11 is 0. The SMILES string of the molecule is CN[C@@H](C)C(=O)N[C@H](C(=O)N1C[C@@H](NC(=O)c2ccc(C)cc2)C[C@H]1C(=O)N[C@H](c1ccccc1)c1ccc(C)cc1)C(C)(C)C. The number of carbonyl (C=O) groups excluding carboxylic acids is 4. The lowest BCUT2D eigenvalue weighted by atomic mass is 9.85. The summed E-state index contributed by atoms with van der Waals surface area (Å²) in [6, 6.07) is 21.7. The Morgan fingerprint density at radius 2 is 1.37 bits per heavy atom. The van der Waals surface area contributed by atoms with Gasteiger partial charge in [-0.25, -0.2) is 0 Å². The van der Waals surface area contributed by atoms with Gasteiger partial charge in [-0.2, -0.15) is 0 Å². The zero-order chi connectivity index (χ0) is 33.6. The van der Waals surface area contributed by atoms with Gasteiger partial charge in [0.15, 0.2) is 0 Å². The number of aryl methyl sites for hydroxylation is 2. The van der Waals surface area contributed by atoms with Gasteiger partial charge in [0.05, 0.1) is 12.1 Å². The normalized spacial score (nSPS) is 18.3. The molecular weight excluding hydrogens is 578 g/mol. The Hall–Kier alpha value is -4.50. The molecule has 9 heteroatoms. The van der Waals surface area contributed by atoms with E-state index in [1.807, 2.05) is 101 Å². The number of nitrogens with one attached hydrogen (secondary N) is 4. The van der Waals surface area contributed by atoms with Gasteiger partial charge in [-0.3, -0.25) is 19.2 Å². The van der Waals surface area contributed by atoms with E-state index in [4.69, 9.17) is 0 Å². The average Bonchev–Trinajstić information content (AvgIpc) is 3.46. The van der Waals surface area contributed by atoms with Crippen molar-refractivity contribution in [2.75, 3.05) is 13.6 Å². The predicted molar refractivity (Wildman–Crippen MR) is 180 cm³/mol. The van der Waals surface area contributed by atoms with Crippen LogP contribution in [0.15, 0.2) is 78.9 Å². The molecule has 1 aliphatic rings. The zero-order valence-electron chi connectivity index (χ0n) is 27.9. The lowest BCUT2D eigenvalue weighted by molar-refractivity contribution is -0.144. The molecule has 0 aromatic heterocycles. The molecule has 5 atom stereocenters. The van der Waals surface area contributed by atoms with Gasteiger partial charge in [0, 0.05) is 18.2 Å². The monoisotopic (exact) mass is 625 g/mol. The molecule has 46 heavy (non-hydrogen) atoms. The molecule has 3 aromatic rings. The Labute approximate surface area is 272 Å². The van der Waals surface area contributed by atoms with Gasteiger partial charge in [-0.15, -0.1) is 0 Å². The maximum atomic E-state index is 14.4. The smallest absolute Gasteiger partial charge is 0.251 e. The van der Waals surface area contributed by atoms with E-state index >= 15 is 0 Å². The first-order chi connectivity index (χ1) is 21.8. The van der Waals surface area contributed by atoms with Gasteiger partial charge in [-0.05, 0) is 62.9 Å². The number of amides is 4. The number of likely N-dealkylation sites (tertiary alicyclic amines) is 1. The van der Waals surface area contributed by atoms with Crippen molar-refractivity contribution in [1.82, 2.24) is 26.2 Å². The van der Waals surface area contributed by atoms with E-state index in [1.54, 1.807) is 26.1 Å². The third-order valence-corrected chi connectivity index (χ3v) is 8.59. The third kappa shape index (κ3) is 8.40. The fraction of sp³-hybridized carbons (Fsp3) is 0.405. The van der Waals surface area contributed by atoms with E-state index in [9.17, 15) is 19.2 Å². The number of hydrogen-bond donors (Lipinski definition) is 4. The second kappa shape index (κ2) is 14.7. The first-order valence-electron chi connectivity index (χ1n) is 15.9. The Morgan fingerprint density at radius 3 is 1.93 bits per heavy atom. The van der Waals surface area contributed by atoms with Crippen LogP contribution in [0, 0.1) is 19.3 Å². The summed E-state index contributed by atoms with van der Waals surface area (Å²) in [5, 5.41) is 12.1. The highest BCUT2D eigenvalue weighted by Gasteiger charge is 2.46. The molecule has 0 radical (unpaired) electrons. The van der Waals surface area contributed by atoms with Crippen molar-refractivity contribution in [2.24, 2.45) is 5.41 Å². The molecule has 1 fully saturated rings. The zero-order valence-corrected chi connectivity index (χ0v) is 27.9. The summed E-state index contributed by atoms with van der Waals surface area (Å²) in [6.07, 6.45) is 0.225. The van der Waals surface area contributed by atoms with Gasteiger partial charge >= 0.3 is 0 Å². The summed E-state index contributed by atoms with van der Waals surface area (Å²) in [4.78, 5) is 56.3. The Bertz CT molecular complexity index is 1520. The first-order valence-corrected chi connectivity index (χ1v) is 15.9. The Kier molecular flexibility index (Phi) is 11.0. The second-order valence-electron chi connectivity index (χ2n) is 13.4. The number of benzene rings is 3. The lowest BCUT2D eigenvalue weighted by Gasteiger charge is -2.36. The number of likely N-dealkylation sites (N-methyl/N-ethyl adjacent to an activating group) is 1. The highest BCUT2D eigenvalue weighted by atomic mass is 16.2. The van der Waals surface area contributed by atoms with E-state index in [-0.39, 0.29) is 36.6 Å². The van der Waals surface area contributed by atoms with Gasteiger partial charge < -0.3 is 26.2 Å². The molecule has 0 spiro atoms. The number of carbonyl (C=O) groups is 4. The van der Waals surface area contributed by atoms with Crippen LogP contribution in [0.25, 0.3) is 0 Å². The van der Waals surface area contributed by atoms with Gasteiger partial charge in [0.1, 0.15) is 12.1 Å². The minimum absolute atomic E-state index is 0.124. The molecule has 1 aliphatic heterocycles. The summed E-state index contributed by atoms with van der Waals surface area (Å²) in [7, 11) is 1.68. The third-order valence-electron chi connectivity index (χ3n) is 8.59. The standard InChI is InChI=1S/C37H47N5O4/c1-23-13-17-27(18-14-23)31(26-11-9-8-10-12-26)40-35(45)30-21-29(39-34(44)28-19-15-24(2)16-20-28)22-42(30)36(46)32(37(4,5)6)41-33(43)25(3)38-7/h8-20,25,29-32,38H,21-22H2,1-7H3,(H,39,44)(H,40,45)(H,41,43)/t25-,29-,30-,31+,32+/m0/s1. The molecule has 1 saturated heterocycles. The molecule has 0 aliphatic carbocycles. The molecule has 1 heterocycles. The van der Waals surface area contributed by atoms with Crippen LogP contribution in [0.2, 0.25) is 0 Å². The van der Waals surface area contributed by atoms with Crippen LogP contribution in [0.4, 0.5) is 0 Å². The predicted octanol–water partition coefficient (Wildman–Crippen LogP) is 4.05. The highest BCUT2D eigenvalue weighted by Crippen LogP contribution is 2.28. The highest BCUT2D eigenvalue weighted by molar-refractivity contribution is 5.96. The largest absolute Gasteiger partial charge is 0.347 e. The van der Waals surface area contributed by atoms with E-state index < -0.39 is 35.6 Å². The minimum Gasteiger partial charge on any atom is -0.347 e. The van der Waals surface area contributed by atoms with Crippen LogP contribution < -0.4 is 21.3 Å². The van der Waals surface area contributed by atoms with E-state index in [0.717, 1.165) is 22.3 Å². The molecule has 0 bridgehead atoms. The Morgan fingerprint density at radius 1 is 0.804 bits per heavy atom. The molecule has 9 nitrogen and oxygen atoms in total. The summed E-state index contributed by atoms with van der Waals surface area (Å²) in [5.41, 5.74) is 3.80.